The summed E-state index contributed by atoms with van der Waals surface area (Å²) in [5.74, 6) is 0. The molecular formula is C25H27NS. The van der Waals surface area contributed by atoms with Crippen molar-refractivity contribution in [1.29, 1.82) is 0 Å². The summed E-state index contributed by atoms with van der Waals surface area (Å²) in [5, 5.41) is 5.63. The molecule has 0 spiro atoms. The average Bonchev–Trinajstić information content (AvgIpc) is 3.21. The van der Waals surface area contributed by atoms with E-state index in [1.54, 1.807) is 11.3 Å². The minimum absolute atomic E-state index is 0.100. The minimum Gasteiger partial charge on any atom is -0.374 e. The van der Waals surface area contributed by atoms with Crippen molar-refractivity contribution < 1.29 is 0 Å². The second-order valence-electron chi connectivity index (χ2n) is 6.94. The molecule has 0 saturated carbocycles. The summed E-state index contributed by atoms with van der Waals surface area (Å²) < 4.78 is 0. The highest BCUT2D eigenvalue weighted by atomic mass is 32.1. The number of benzene rings is 2. The number of rotatable bonds is 8. The van der Waals surface area contributed by atoms with Crippen molar-refractivity contribution in [3.05, 3.63) is 101 Å². The molecule has 27 heavy (non-hydrogen) atoms. The summed E-state index contributed by atoms with van der Waals surface area (Å²) in [5.41, 5.74) is 6.98. The average molecular weight is 374 g/mol. The second kappa shape index (κ2) is 8.88. The molecule has 1 atom stereocenters. The van der Waals surface area contributed by atoms with E-state index < -0.39 is 0 Å². The number of hydrogen-bond acceptors (Lipinski definition) is 2. The highest BCUT2D eigenvalue weighted by Crippen LogP contribution is 2.28. The molecule has 1 heterocycles. The zero-order chi connectivity index (χ0) is 19.2. The van der Waals surface area contributed by atoms with Crippen molar-refractivity contribution in [3.63, 3.8) is 0 Å². The summed E-state index contributed by atoms with van der Waals surface area (Å²) in [4.78, 5) is 1.26. The summed E-state index contributed by atoms with van der Waals surface area (Å²) in [6.07, 6.45) is 2.32. The lowest BCUT2D eigenvalue weighted by Gasteiger charge is -2.21. The first-order valence-corrected chi connectivity index (χ1v) is 10.3. The van der Waals surface area contributed by atoms with Crippen LogP contribution in [0.25, 0.3) is 16.8 Å². The van der Waals surface area contributed by atoms with Crippen LogP contribution in [0.2, 0.25) is 0 Å². The Morgan fingerprint density at radius 1 is 0.963 bits per heavy atom. The Kier molecular flexibility index (Phi) is 6.31. The predicted octanol–water partition coefficient (Wildman–Crippen LogP) is 7.25. The van der Waals surface area contributed by atoms with Crippen molar-refractivity contribution in [2.75, 3.05) is 0 Å². The molecule has 1 aromatic heterocycles. The first-order chi connectivity index (χ1) is 13.1. The molecule has 0 radical (unpaired) electrons. The van der Waals surface area contributed by atoms with E-state index in [1.807, 2.05) is 0 Å². The van der Waals surface area contributed by atoms with Gasteiger partial charge in [0.2, 0.25) is 0 Å². The summed E-state index contributed by atoms with van der Waals surface area (Å²) in [6, 6.07) is 21.8. The summed E-state index contributed by atoms with van der Waals surface area (Å²) in [7, 11) is 0. The third kappa shape index (κ3) is 4.78. The van der Waals surface area contributed by atoms with Crippen LogP contribution in [0.4, 0.5) is 0 Å². The van der Waals surface area contributed by atoms with Crippen molar-refractivity contribution in [1.82, 2.24) is 5.32 Å². The Balaban J connectivity index is 1.72. The molecule has 138 valence electrons. The fraction of sp³-hybridized carbons (Fsp3) is 0.200. The third-order valence-electron chi connectivity index (χ3n) is 4.70. The van der Waals surface area contributed by atoms with Gasteiger partial charge in [-0.25, -0.2) is 0 Å². The smallest absolute Gasteiger partial charge is 0.0814 e. The predicted molar refractivity (Wildman–Crippen MR) is 120 cm³/mol. The molecular weight excluding hydrogens is 346 g/mol. The number of thiophene rings is 1. The van der Waals surface area contributed by atoms with Crippen molar-refractivity contribution >= 4 is 17.0 Å². The van der Waals surface area contributed by atoms with Crippen LogP contribution in [-0.2, 0) is 6.42 Å². The van der Waals surface area contributed by atoms with E-state index in [4.69, 9.17) is 0 Å². The van der Waals surface area contributed by atoms with Gasteiger partial charge in [0.25, 0.3) is 0 Å². The van der Waals surface area contributed by atoms with Gasteiger partial charge in [0.05, 0.1) is 6.04 Å². The second-order valence-corrected chi connectivity index (χ2v) is 7.92. The van der Waals surface area contributed by atoms with E-state index in [0.29, 0.717) is 0 Å². The zero-order valence-electron chi connectivity index (χ0n) is 16.2. The molecule has 0 amide bonds. The Morgan fingerprint density at radius 3 is 2.11 bits per heavy atom. The van der Waals surface area contributed by atoms with Gasteiger partial charge in [-0.2, -0.15) is 0 Å². The van der Waals surface area contributed by atoms with Crippen molar-refractivity contribution in [2.45, 2.75) is 32.7 Å². The van der Waals surface area contributed by atoms with Crippen molar-refractivity contribution in [2.24, 2.45) is 0 Å². The molecule has 0 aliphatic heterocycles. The number of aryl methyl sites for hydroxylation is 1. The van der Waals surface area contributed by atoms with E-state index in [2.05, 4.69) is 98.4 Å². The Labute approximate surface area is 167 Å². The van der Waals surface area contributed by atoms with Crippen LogP contribution in [0, 0.1) is 0 Å². The van der Waals surface area contributed by atoms with Crippen LogP contribution in [0.5, 0.6) is 0 Å². The summed E-state index contributed by atoms with van der Waals surface area (Å²) >= 11 is 1.74. The lowest BCUT2D eigenvalue weighted by molar-refractivity contribution is 0.745. The normalized spacial score (nSPS) is 11.8. The fourth-order valence-corrected chi connectivity index (χ4v) is 4.03. The Bertz CT molecular complexity index is 887. The molecule has 0 saturated heterocycles. The first-order valence-electron chi connectivity index (χ1n) is 9.42. The molecule has 3 rings (SSSR count). The molecule has 3 aromatic rings. The third-order valence-corrected chi connectivity index (χ3v) is 5.64. The van der Waals surface area contributed by atoms with Crippen LogP contribution in [0.1, 0.15) is 42.3 Å². The van der Waals surface area contributed by atoms with Gasteiger partial charge in [-0.05, 0) is 47.0 Å². The highest BCUT2D eigenvalue weighted by molar-refractivity contribution is 7.10. The van der Waals surface area contributed by atoms with Gasteiger partial charge >= 0.3 is 0 Å². The maximum atomic E-state index is 4.24. The molecule has 0 aliphatic rings. The van der Waals surface area contributed by atoms with Gasteiger partial charge < -0.3 is 5.32 Å². The van der Waals surface area contributed by atoms with Crippen LogP contribution in [-0.4, -0.2) is 0 Å². The lowest BCUT2D eigenvalue weighted by atomic mass is 10.0. The summed E-state index contributed by atoms with van der Waals surface area (Å²) in [6.45, 7) is 12.6. The molecule has 0 aliphatic carbocycles. The van der Waals surface area contributed by atoms with Crippen LogP contribution >= 0.6 is 11.3 Å². The van der Waals surface area contributed by atoms with Crippen LogP contribution < -0.4 is 5.32 Å². The highest BCUT2D eigenvalue weighted by Gasteiger charge is 2.14. The molecule has 0 bridgehead atoms. The van der Waals surface area contributed by atoms with E-state index >= 15 is 0 Å². The monoisotopic (exact) mass is 373 g/mol. The van der Waals surface area contributed by atoms with Gasteiger partial charge in [-0.1, -0.05) is 86.7 Å². The maximum absolute atomic E-state index is 4.24. The van der Waals surface area contributed by atoms with E-state index in [-0.39, 0.29) is 6.04 Å². The van der Waals surface area contributed by atoms with Crippen molar-refractivity contribution in [3.8, 4) is 11.1 Å². The Morgan fingerprint density at radius 2 is 1.59 bits per heavy atom. The van der Waals surface area contributed by atoms with Gasteiger partial charge in [0, 0.05) is 10.6 Å². The van der Waals surface area contributed by atoms with Crippen LogP contribution in [0.15, 0.2) is 84.8 Å². The van der Waals surface area contributed by atoms with Gasteiger partial charge in [-0.15, -0.1) is 11.3 Å². The zero-order valence-corrected chi connectivity index (χ0v) is 17.0. The minimum atomic E-state index is 0.100. The molecule has 2 heteroatoms. The first kappa shape index (κ1) is 19.2. The quantitative estimate of drug-likeness (QED) is 0.410. The number of nitrogens with one attached hydrogen (secondary N) is 1. The van der Waals surface area contributed by atoms with Gasteiger partial charge in [-0.3, -0.25) is 0 Å². The molecule has 1 unspecified atom stereocenters. The van der Waals surface area contributed by atoms with Gasteiger partial charge in [0.1, 0.15) is 0 Å². The molecule has 1 N–H and O–H groups in total. The standard InChI is InChI=1S/C25H27NS/c1-5-7-20-9-11-22(12-10-20)23-15-13-21(14-16-23)19(4)26-25(18(2)3)24-8-6-17-27-24/h6,8-17,25-26H,2,4-5,7H2,1,3H3. The molecule has 2 aromatic carbocycles. The Hall–Kier alpha value is -2.58. The van der Waals surface area contributed by atoms with E-state index in [1.165, 1.54) is 28.0 Å². The van der Waals surface area contributed by atoms with Gasteiger partial charge in [0.15, 0.2) is 0 Å². The SMILES string of the molecule is C=C(NC(C(=C)C)c1cccs1)c1ccc(-c2ccc(CCC)cc2)cc1. The fourth-order valence-electron chi connectivity index (χ4n) is 3.17. The molecule has 1 nitrogen and oxygen atoms in total. The van der Waals surface area contributed by atoms with E-state index in [9.17, 15) is 0 Å². The van der Waals surface area contributed by atoms with Crippen LogP contribution in [0.3, 0.4) is 0 Å². The molecule has 0 fully saturated rings. The maximum Gasteiger partial charge on any atom is 0.0814 e. The lowest BCUT2D eigenvalue weighted by Crippen LogP contribution is -2.19. The topological polar surface area (TPSA) is 12.0 Å². The largest absolute Gasteiger partial charge is 0.374 e. The number of hydrogen-bond donors (Lipinski definition) is 1. The van der Waals surface area contributed by atoms with E-state index in [0.717, 1.165) is 23.3 Å².